The summed E-state index contributed by atoms with van der Waals surface area (Å²) in [5.41, 5.74) is 5.37. The van der Waals surface area contributed by atoms with E-state index in [1.807, 2.05) is 36.4 Å². The lowest BCUT2D eigenvalue weighted by molar-refractivity contribution is 0.254. The lowest BCUT2D eigenvalue weighted by atomic mass is 9.93. The highest BCUT2D eigenvalue weighted by molar-refractivity contribution is 6.30. The number of rotatable bonds is 5. The molecule has 2 aromatic carbocycles. The quantitative estimate of drug-likeness (QED) is 0.369. The van der Waals surface area contributed by atoms with E-state index >= 15 is 0 Å². The van der Waals surface area contributed by atoms with Crippen LogP contribution >= 0.6 is 11.6 Å². The maximum absolute atomic E-state index is 14.9. The van der Waals surface area contributed by atoms with Crippen molar-refractivity contribution < 1.29 is 4.39 Å². The second kappa shape index (κ2) is 8.93. The molecular weight excluding hydrogens is 423 g/mol. The first-order chi connectivity index (χ1) is 15.6. The Bertz CT molecular complexity index is 1240. The number of aromatic amines is 1. The Morgan fingerprint density at radius 1 is 1.09 bits per heavy atom. The van der Waals surface area contributed by atoms with Gasteiger partial charge in [0.05, 0.1) is 0 Å². The number of likely N-dealkylation sites (tertiary alicyclic amines) is 1. The third-order valence-electron chi connectivity index (χ3n) is 6.35. The van der Waals surface area contributed by atoms with Crippen LogP contribution in [0.2, 0.25) is 5.02 Å². The lowest BCUT2D eigenvalue weighted by Crippen LogP contribution is -2.29. The second-order valence-electron chi connectivity index (χ2n) is 8.60. The number of nitrogens with one attached hydrogen (secondary N) is 2. The number of fused-ring (bicyclic) bond motifs is 1. The average Bonchev–Trinajstić information content (AvgIpc) is 3.24. The van der Waals surface area contributed by atoms with Crippen molar-refractivity contribution in [2.45, 2.75) is 25.3 Å². The summed E-state index contributed by atoms with van der Waals surface area (Å²) in [6, 6.07) is 16.9. The van der Waals surface area contributed by atoms with Gasteiger partial charge in [-0.1, -0.05) is 23.7 Å². The third kappa shape index (κ3) is 4.36. The minimum absolute atomic E-state index is 0.243. The van der Waals surface area contributed by atoms with Gasteiger partial charge >= 0.3 is 0 Å². The van der Waals surface area contributed by atoms with E-state index in [0.717, 1.165) is 53.8 Å². The Morgan fingerprint density at radius 3 is 2.75 bits per heavy atom. The van der Waals surface area contributed by atoms with Gasteiger partial charge in [0.2, 0.25) is 0 Å². The summed E-state index contributed by atoms with van der Waals surface area (Å²) in [4.78, 5) is 10.4. The summed E-state index contributed by atoms with van der Waals surface area (Å²) in [6.07, 6.45) is 3.99. The lowest BCUT2D eigenvalue weighted by Gasteiger charge is -2.28. The molecule has 6 heteroatoms. The molecule has 0 amide bonds. The molecule has 4 nitrogen and oxygen atoms in total. The van der Waals surface area contributed by atoms with Crippen LogP contribution in [0, 0.1) is 5.82 Å². The van der Waals surface area contributed by atoms with E-state index in [0.29, 0.717) is 23.0 Å². The van der Waals surface area contributed by atoms with Crippen molar-refractivity contribution in [2.24, 2.45) is 0 Å². The van der Waals surface area contributed by atoms with E-state index in [1.54, 1.807) is 12.3 Å². The third-order valence-corrected chi connectivity index (χ3v) is 6.59. The molecule has 164 valence electrons. The van der Waals surface area contributed by atoms with Gasteiger partial charge in [0, 0.05) is 46.0 Å². The number of hydrogen-bond acceptors (Lipinski definition) is 3. The molecule has 1 fully saturated rings. The number of hydrogen-bond donors (Lipinski definition) is 2. The first-order valence-electron chi connectivity index (χ1n) is 11.0. The van der Waals surface area contributed by atoms with E-state index in [2.05, 4.69) is 33.3 Å². The first-order valence-corrected chi connectivity index (χ1v) is 11.4. The second-order valence-corrected chi connectivity index (χ2v) is 9.04. The molecule has 0 spiro atoms. The van der Waals surface area contributed by atoms with Crippen LogP contribution in [-0.2, 0) is 6.54 Å². The average molecular weight is 449 g/mol. The molecule has 1 aliphatic heterocycles. The van der Waals surface area contributed by atoms with E-state index in [9.17, 15) is 4.39 Å². The number of H-pyrrole nitrogens is 1. The Labute approximate surface area is 192 Å². The number of aromatic nitrogens is 2. The highest BCUT2D eigenvalue weighted by Crippen LogP contribution is 2.35. The van der Waals surface area contributed by atoms with E-state index in [1.165, 1.54) is 11.8 Å². The molecule has 1 aliphatic rings. The molecule has 0 atom stereocenters. The molecule has 5 rings (SSSR count). The van der Waals surface area contributed by atoms with Crippen LogP contribution in [0.15, 0.2) is 60.8 Å². The first kappa shape index (κ1) is 21.0. The molecule has 1 saturated heterocycles. The smallest absolute Gasteiger partial charge is 0.138 e. The monoisotopic (exact) mass is 448 g/mol. The van der Waals surface area contributed by atoms with Crippen molar-refractivity contribution in [3.8, 4) is 11.1 Å². The predicted molar refractivity (Wildman–Crippen MR) is 130 cm³/mol. The molecule has 2 N–H and O–H groups in total. The van der Waals surface area contributed by atoms with Gasteiger partial charge in [0.1, 0.15) is 11.5 Å². The van der Waals surface area contributed by atoms with Gasteiger partial charge in [0.25, 0.3) is 0 Å². The Balaban J connectivity index is 1.44. The zero-order valence-corrected chi connectivity index (χ0v) is 18.8. The number of benzene rings is 2. The summed E-state index contributed by atoms with van der Waals surface area (Å²) in [5, 5.41) is 5.05. The number of piperidine rings is 1. The van der Waals surface area contributed by atoms with Crippen LogP contribution in [-0.4, -0.2) is 35.0 Å². The number of pyridine rings is 1. The molecule has 32 heavy (non-hydrogen) atoms. The number of anilines is 1. The zero-order chi connectivity index (χ0) is 22.1. The maximum Gasteiger partial charge on any atom is 0.138 e. The van der Waals surface area contributed by atoms with Crippen LogP contribution in [0.1, 0.15) is 30.0 Å². The Morgan fingerprint density at radius 2 is 1.94 bits per heavy atom. The highest BCUT2D eigenvalue weighted by atomic mass is 35.5. The van der Waals surface area contributed by atoms with Crippen LogP contribution < -0.4 is 5.32 Å². The molecule has 4 aromatic rings. The van der Waals surface area contributed by atoms with Crippen molar-refractivity contribution in [2.75, 3.05) is 25.5 Å². The van der Waals surface area contributed by atoms with Crippen molar-refractivity contribution in [1.82, 2.24) is 14.9 Å². The number of nitrogens with zero attached hydrogens (tertiary/aromatic N) is 2. The van der Waals surface area contributed by atoms with E-state index in [-0.39, 0.29) is 5.82 Å². The molecule has 0 bridgehead atoms. The summed E-state index contributed by atoms with van der Waals surface area (Å²) >= 11 is 6.08. The van der Waals surface area contributed by atoms with Crippen molar-refractivity contribution in [1.29, 1.82) is 0 Å². The molecule has 0 unspecified atom stereocenters. The van der Waals surface area contributed by atoms with Gasteiger partial charge in [-0.05, 0) is 86.6 Å². The van der Waals surface area contributed by atoms with Gasteiger partial charge in [0.15, 0.2) is 0 Å². The largest absolute Gasteiger partial charge is 0.381 e. The van der Waals surface area contributed by atoms with Crippen molar-refractivity contribution >= 4 is 28.3 Å². The zero-order valence-electron chi connectivity index (χ0n) is 18.0. The molecule has 0 aliphatic carbocycles. The van der Waals surface area contributed by atoms with Crippen LogP contribution in [0.4, 0.5) is 10.1 Å². The van der Waals surface area contributed by atoms with E-state index < -0.39 is 0 Å². The summed E-state index contributed by atoms with van der Waals surface area (Å²) in [7, 11) is 2.16. The van der Waals surface area contributed by atoms with Crippen LogP contribution in [0.5, 0.6) is 0 Å². The highest BCUT2D eigenvalue weighted by Gasteiger charge is 2.21. The fourth-order valence-corrected chi connectivity index (χ4v) is 4.73. The van der Waals surface area contributed by atoms with Crippen molar-refractivity contribution in [3.63, 3.8) is 0 Å². The SMILES string of the molecule is CN1CCC(c2cc3c(-c4cc(NCc5cccc(Cl)c5)ccc4F)ccnc3[nH]2)CC1. The minimum Gasteiger partial charge on any atom is -0.381 e. The molecule has 3 heterocycles. The van der Waals surface area contributed by atoms with Gasteiger partial charge in [-0.3, -0.25) is 0 Å². The van der Waals surface area contributed by atoms with Gasteiger partial charge < -0.3 is 15.2 Å². The molecular formula is C26H26ClFN4. The summed E-state index contributed by atoms with van der Waals surface area (Å²) < 4.78 is 14.9. The maximum atomic E-state index is 14.9. The van der Waals surface area contributed by atoms with Gasteiger partial charge in [-0.2, -0.15) is 0 Å². The normalized spacial score (nSPS) is 15.3. The molecule has 0 saturated carbocycles. The predicted octanol–water partition coefficient (Wildman–Crippen LogP) is 6.44. The van der Waals surface area contributed by atoms with Gasteiger partial charge in [-0.15, -0.1) is 0 Å². The summed E-state index contributed by atoms with van der Waals surface area (Å²) in [6.45, 7) is 2.80. The molecule has 2 aromatic heterocycles. The molecule has 0 radical (unpaired) electrons. The minimum atomic E-state index is -0.243. The Hall–Kier alpha value is -2.89. The van der Waals surface area contributed by atoms with Gasteiger partial charge in [-0.25, -0.2) is 9.37 Å². The fraction of sp³-hybridized carbons (Fsp3) is 0.269. The number of halogens is 2. The topological polar surface area (TPSA) is 44.0 Å². The standard InChI is InChI=1S/C26H26ClFN4/c1-32-11-8-18(9-12-32)25-15-23-21(7-10-29-26(23)31-25)22-14-20(5-6-24(22)28)30-16-17-3-2-4-19(27)13-17/h2-7,10,13-15,18,30H,8-9,11-12,16H2,1H3,(H,29,31). The fourth-order valence-electron chi connectivity index (χ4n) is 4.51. The van der Waals surface area contributed by atoms with Crippen LogP contribution in [0.3, 0.4) is 0 Å². The summed E-state index contributed by atoms with van der Waals surface area (Å²) in [5.74, 6) is 0.247. The van der Waals surface area contributed by atoms with Crippen molar-refractivity contribution in [3.05, 3.63) is 82.9 Å². The van der Waals surface area contributed by atoms with E-state index in [4.69, 9.17) is 11.6 Å². The van der Waals surface area contributed by atoms with Crippen LogP contribution in [0.25, 0.3) is 22.2 Å². The Kier molecular flexibility index (Phi) is 5.85.